The molecule has 3 nitrogen and oxygen atoms in total. The van der Waals surface area contributed by atoms with Gasteiger partial charge in [0.2, 0.25) is 0 Å². The summed E-state index contributed by atoms with van der Waals surface area (Å²) in [6.07, 6.45) is 2.59. The standard InChI is InChI=1S/C10H12N2O/c1-8-5-12(6-8)10-9(7-13)3-2-4-11-10/h2-4,7-8H,5-6H2,1H3. The monoisotopic (exact) mass is 176 g/mol. The minimum atomic E-state index is 0.689. The zero-order valence-electron chi connectivity index (χ0n) is 7.60. The molecule has 0 aromatic carbocycles. The molecule has 1 saturated heterocycles. The fraction of sp³-hybridized carbons (Fsp3) is 0.400. The highest BCUT2D eigenvalue weighted by Gasteiger charge is 2.25. The molecule has 1 fully saturated rings. The number of anilines is 1. The van der Waals surface area contributed by atoms with E-state index in [-0.39, 0.29) is 0 Å². The molecule has 13 heavy (non-hydrogen) atoms. The van der Waals surface area contributed by atoms with Crippen LogP contribution >= 0.6 is 0 Å². The first-order valence-corrected chi connectivity index (χ1v) is 4.46. The van der Waals surface area contributed by atoms with Crippen molar-refractivity contribution in [1.82, 2.24) is 4.98 Å². The number of carbonyl (C=O) groups excluding carboxylic acids is 1. The van der Waals surface area contributed by atoms with Gasteiger partial charge in [-0.15, -0.1) is 0 Å². The maximum atomic E-state index is 10.7. The second kappa shape index (κ2) is 3.17. The molecule has 0 spiro atoms. The summed E-state index contributed by atoms with van der Waals surface area (Å²) < 4.78 is 0. The molecule has 1 aromatic heterocycles. The van der Waals surface area contributed by atoms with E-state index in [9.17, 15) is 4.79 Å². The van der Waals surface area contributed by atoms with Crippen molar-refractivity contribution in [2.24, 2.45) is 5.92 Å². The van der Waals surface area contributed by atoms with Crippen LogP contribution < -0.4 is 4.90 Å². The van der Waals surface area contributed by atoms with Gasteiger partial charge in [0.05, 0.1) is 5.56 Å². The topological polar surface area (TPSA) is 33.2 Å². The van der Waals surface area contributed by atoms with Crippen LogP contribution in [0.4, 0.5) is 5.82 Å². The van der Waals surface area contributed by atoms with E-state index >= 15 is 0 Å². The van der Waals surface area contributed by atoms with Crippen molar-refractivity contribution >= 4 is 12.1 Å². The molecule has 1 aromatic rings. The van der Waals surface area contributed by atoms with Gasteiger partial charge in [-0.3, -0.25) is 4.79 Å². The van der Waals surface area contributed by atoms with Crippen LogP contribution in [0.5, 0.6) is 0 Å². The van der Waals surface area contributed by atoms with E-state index in [1.165, 1.54) is 0 Å². The van der Waals surface area contributed by atoms with Crippen LogP contribution in [0.2, 0.25) is 0 Å². The van der Waals surface area contributed by atoms with Crippen molar-refractivity contribution in [1.29, 1.82) is 0 Å². The van der Waals surface area contributed by atoms with E-state index in [0.29, 0.717) is 5.56 Å². The fourth-order valence-electron chi connectivity index (χ4n) is 1.64. The highest BCUT2D eigenvalue weighted by atomic mass is 16.1. The van der Waals surface area contributed by atoms with Gasteiger partial charge >= 0.3 is 0 Å². The third-order valence-electron chi connectivity index (χ3n) is 2.31. The smallest absolute Gasteiger partial charge is 0.153 e. The largest absolute Gasteiger partial charge is 0.355 e. The second-order valence-corrected chi connectivity index (χ2v) is 3.54. The Morgan fingerprint density at radius 1 is 1.62 bits per heavy atom. The van der Waals surface area contributed by atoms with Gasteiger partial charge in [-0.1, -0.05) is 6.92 Å². The normalized spacial score (nSPS) is 16.8. The lowest BCUT2D eigenvalue weighted by atomic mass is 10.0. The van der Waals surface area contributed by atoms with E-state index in [1.54, 1.807) is 18.3 Å². The maximum absolute atomic E-state index is 10.7. The van der Waals surface area contributed by atoms with Crippen LogP contribution in [-0.2, 0) is 0 Å². The Bertz CT molecular complexity index is 318. The van der Waals surface area contributed by atoms with Crippen LogP contribution in [0.3, 0.4) is 0 Å². The van der Waals surface area contributed by atoms with Crippen LogP contribution in [0, 0.1) is 5.92 Å². The van der Waals surface area contributed by atoms with Gasteiger partial charge in [-0.2, -0.15) is 0 Å². The van der Waals surface area contributed by atoms with Gasteiger partial charge in [0, 0.05) is 19.3 Å². The molecule has 1 aliphatic rings. The van der Waals surface area contributed by atoms with Gasteiger partial charge in [0.15, 0.2) is 6.29 Å². The molecule has 68 valence electrons. The zero-order chi connectivity index (χ0) is 9.26. The Morgan fingerprint density at radius 3 is 3.00 bits per heavy atom. The van der Waals surface area contributed by atoms with Crippen molar-refractivity contribution in [3.63, 3.8) is 0 Å². The number of aldehydes is 1. The maximum Gasteiger partial charge on any atom is 0.153 e. The molecule has 0 N–H and O–H groups in total. The van der Waals surface area contributed by atoms with Crippen LogP contribution in [0.15, 0.2) is 18.3 Å². The summed E-state index contributed by atoms with van der Waals surface area (Å²) in [5, 5.41) is 0. The van der Waals surface area contributed by atoms with Gasteiger partial charge in [-0.25, -0.2) is 4.98 Å². The summed E-state index contributed by atoms with van der Waals surface area (Å²) >= 11 is 0. The van der Waals surface area contributed by atoms with Gasteiger partial charge in [-0.05, 0) is 18.1 Å². The number of hydrogen-bond acceptors (Lipinski definition) is 3. The Balaban J connectivity index is 2.24. The molecular weight excluding hydrogens is 164 g/mol. The van der Waals surface area contributed by atoms with Gasteiger partial charge in [0.25, 0.3) is 0 Å². The van der Waals surface area contributed by atoms with Crippen molar-refractivity contribution in [3.05, 3.63) is 23.9 Å². The molecule has 1 aliphatic heterocycles. The van der Waals surface area contributed by atoms with Crippen LogP contribution in [0.25, 0.3) is 0 Å². The Labute approximate surface area is 77.4 Å². The molecule has 0 saturated carbocycles. The second-order valence-electron chi connectivity index (χ2n) is 3.54. The predicted molar refractivity (Wildman–Crippen MR) is 51.0 cm³/mol. The van der Waals surface area contributed by atoms with E-state index in [2.05, 4.69) is 16.8 Å². The van der Waals surface area contributed by atoms with Crippen molar-refractivity contribution in [3.8, 4) is 0 Å². The van der Waals surface area contributed by atoms with E-state index in [0.717, 1.165) is 31.1 Å². The number of pyridine rings is 1. The van der Waals surface area contributed by atoms with E-state index < -0.39 is 0 Å². The quantitative estimate of drug-likeness (QED) is 0.638. The van der Waals surface area contributed by atoms with E-state index in [1.807, 2.05) is 0 Å². The number of carbonyl (C=O) groups is 1. The SMILES string of the molecule is CC1CN(c2ncccc2C=O)C1. The summed E-state index contributed by atoms with van der Waals surface area (Å²) in [5.74, 6) is 1.55. The fourth-order valence-corrected chi connectivity index (χ4v) is 1.64. The van der Waals surface area contributed by atoms with E-state index in [4.69, 9.17) is 0 Å². The summed E-state index contributed by atoms with van der Waals surface area (Å²) in [5.41, 5.74) is 0.689. The Morgan fingerprint density at radius 2 is 2.38 bits per heavy atom. The van der Waals surface area contributed by atoms with Crippen LogP contribution in [-0.4, -0.2) is 24.4 Å². The number of aromatic nitrogens is 1. The lowest BCUT2D eigenvalue weighted by molar-refractivity contribution is 0.112. The minimum absolute atomic E-state index is 0.689. The van der Waals surface area contributed by atoms with Crippen LogP contribution in [0.1, 0.15) is 17.3 Å². The lowest BCUT2D eigenvalue weighted by Gasteiger charge is -2.38. The third-order valence-corrected chi connectivity index (χ3v) is 2.31. The highest BCUT2D eigenvalue weighted by Crippen LogP contribution is 2.24. The molecule has 0 atom stereocenters. The summed E-state index contributed by atoms with van der Waals surface area (Å²) in [4.78, 5) is 17.0. The summed E-state index contributed by atoms with van der Waals surface area (Å²) in [6, 6.07) is 3.59. The Kier molecular flexibility index (Phi) is 2.00. The summed E-state index contributed by atoms with van der Waals surface area (Å²) in [7, 11) is 0. The van der Waals surface area contributed by atoms with Gasteiger partial charge < -0.3 is 4.90 Å². The molecule has 0 radical (unpaired) electrons. The van der Waals surface area contributed by atoms with Gasteiger partial charge in [0.1, 0.15) is 5.82 Å². The highest BCUT2D eigenvalue weighted by molar-refractivity contribution is 5.82. The molecule has 2 heterocycles. The molecule has 0 aliphatic carbocycles. The molecule has 3 heteroatoms. The molecule has 2 rings (SSSR count). The van der Waals surface area contributed by atoms with Crippen molar-refractivity contribution < 1.29 is 4.79 Å². The molecule has 0 amide bonds. The first kappa shape index (κ1) is 8.23. The zero-order valence-corrected chi connectivity index (χ0v) is 7.60. The summed E-state index contributed by atoms with van der Waals surface area (Å²) in [6.45, 7) is 4.22. The molecule has 0 unspecified atom stereocenters. The predicted octanol–water partition coefficient (Wildman–Crippen LogP) is 1.35. The number of nitrogens with zero attached hydrogens (tertiary/aromatic N) is 2. The average molecular weight is 176 g/mol. The lowest BCUT2D eigenvalue weighted by Crippen LogP contribution is -2.46. The molecule has 0 bridgehead atoms. The third kappa shape index (κ3) is 1.41. The first-order valence-electron chi connectivity index (χ1n) is 4.46. The Hall–Kier alpha value is -1.38. The van der Waals surface area contributed by atoms with Crippen molar-refractivity contribution in [2.75, 3.05) is 18.0 Å². The minimum Gasteiger partial charge on any atom is -0.355 e. The average Bonchev–Trinajstić information content (AvgIpc) is 2.13. The number of rotatable bonds is 2. The molecular formula is C10H12N2O. The number of hydrogen-bond donors (Lipinski definition) is 0. The first-order chi connectivity index (χ1) is 6.31. The van der Waals surface area contributed by atoms with Crippen molar-refractivity contribution in [2.45, 2.75) is 6.92 Å².